The number of rotatable bonds is 5. The van der Waals surface area contributed by atoms with Crippen LogP contribution in [0.15, 0.2) is 36.8 Å². The Kier molecular flexibility index (Phi) is 6.06. The van der Waals surface area contributed by atoms with Crippen molar-refractivity contribution in [3.05, 3.63) is 48.2 Å². The van der Waals surface area contributed by atoms with Gasteiger partial charge in [0, 0.05) is 12.2 Å². The first-order chi connectivity index (χ1) is 12.6. The Morgan fingerprint density at radius 3 is 2.77 bits per heavy atom. The van der Waals surface area contributed by atoms with E-state index in [0.717, 1.165) is 5.39 Å². The molecule has 1 saturated carbocycles. The van der Waals surface area contributed by atoms with E-state index in [2.05, 4.69) is 20.2 Å². The van der Waals surface area contributed by atoms with Gasteiger partial charge in [0.2, 0.25) is 0 Å². The highest BCUT2D eigenvalue weighted by Crippen LogP contribution is 2.27. The Hall–Kier alpha value is -2.61. The van der Waals surface area contributed by atoms with Crippen molar-refractivity contribution in [3.63, 3.8) is 0 Å². The van der Waals surface area contributed by atoms with Crippen LogP contribution in [0.2, 0.25) is 0 Å². The third kappa shape index (κ3) is 4.51. The zero-order valence-electron chi connectivity index (χ0n) is 14.2. The van der Waals surface area contributed by atoms with Gasteiger partial charge in [0.25, 0.3) is 0 Å². The van der Waals surface area contributed by atoms with Gasteiger partial charge >= 0.3 is 0 Å². The lowest BCUT2D eigenvalue weighted by Crippen LogP contribution is -2.19. The molecule has 0 radical (unpaired) electrons. The molecule has 0 unspecified atom stereocenters. The molecule has 138 valence electrons. The van der Waals surface area contributed by atoms with Gasteiger partial charge in [0.1, 0.15) is 18.0 Å². The molecule has 26 heavy (non-hydrogen) atoms. The number of hydrogen-bond acceptors (Lipinski definition) is 5. The third-order valence-electron chi connectivity index (χ3n) is 4.36. The molecule has 8 heteroatoms. The van der Waals surface area contributed by atoms with E-state index in [1.165, 1.54) is 37.7 Å². The van der Waals surface area contributed by atoms with Crippen molar-refractivity contribution in [1.82, 2.24) is 20.2 Å². The molecular formula is C18H21F2N5O. The van der Waals surface area contributed by atoms with Gasteiger partial charge < -0.3 is 10.5 Å². The molecule has 3 aromatic rings. The molecule has 1 aliphatic rings. The maximum Gasteiger partial charge on any atom is 0.160 e. The summed E-state index contributed by atoms with van der Waals surface area (Å²) in [7, 11) is 0. The minimum Gasteiger partial charge on any atom is -0.383 e. The lowest BCUT2D eigenvalue weighted by molar-refractivity contribution is 0.0360. The number of anilines is 1. The summed E-state index contributed by atoms with van der Waals surface area (Å²) in [5.74, 6) is 0.550. The van der Waals surface area contributed by atoms with E-state index >= 15 is 0 Å². The normalized spacial score (nSPS) is 15.2. The Bertz CT molecular complexity index is 837. The highest BCUT2D eigenvalue weighted by molar-refractivity contribution is 5.83. The molecule has 1 aromatic carbocycles. The molecule has 4 rings (SSSR count). The van der Waals surface area contributed by atoms with Crippen molar-refractivity contribution in [2.24, 2.45) is 5.92 Å². The van der Waals surface area contributed by atoms with Crippen LogP contribution < -0.4 is 5.73 Å². The van der Waals surface area contributed by atoms with Gasteiger partial charge in [-0.05, 0) is 24.8 Å². The van der Waals surface area contributed by atoms with Crippen molar-refractivity contribution in [1.29, 1.82) is 0 Å². The summed E-state index contributed by atoms with van der Waals surface area (Å²) >= 11 is 0. The Balaban J connectivity index is 0.000000167. The van der Waals surface area contributed by atoms with Crippen molar-refractivity contribution in [2.45, 2.75) is 25.4 Å². The second-order valence-electron chi connectivity index (χ2n) is 6.21. The highest BCUT2D eigenvalue weighted by Gasteiger charge is 2.19. The van der Waals surface area contributed by atoms with Crippen LogP contribution in [0.5, 0.6) is 0 Å². The zero-order valence-corrected chi connectivity index (χ0v) is 14.2. The first kappa shape index (κ1) is 18.2. The summed E-state index contributed by atoms with van der Waals surface area (Å²) in [4.78, 5) is 7.68. The summed E-state index contributed by atoms with van der Waals surface area (Å²) in [6.45, 7) is 0.562. The van der Waals surface area contributed by atoms with Crippen LogP contribution in [-0.2, 0) is 4.74 Å². The molecule has 1 aliphatic carbocycles. The number of nitrogens with two attached hydrogens (primary N) is 1. The molecule has 1 fully saturated rings. The van der Waals surface area contributed by atoms with Gasteiger partial charge in [-0.25, -0.2) is 18.7 Å². The number of nitrogens with zero attached hydrogens (tertiary/aromatic N) is 3. The number of alkyl halides is 1. The minimum absolute atomic E-state index is 0.0442. The number of nitrogens with one attached hydrogen (secondary N) is 1. The molecule has 2 aromatic heterocycles. The van der Waals surface area contributed by atoms with Crippen molar-refractivity contribution in [2.75, 3.05) is 18.9 Å². The van der Waals surface area contributed by atoms with E-state index in [1.807, 2.05) is 0 Å². The number of nitrogen functional groups attached to an aromatic ring is 1. The fraction of sp³-hybridized carbons (Fsp3) is 0.389. The smallest absolute Gasteiger partial charge is 0.160 e. The lowest BCUT2D eigenvalue weighted by Gasteiger charge is -2.25. The lowest BCUT2D eigenvalue weighted by atomic mass is 9.86. The molecule has 1 atom stereocenters. The summed E-state index contributed by atoms with van der Waals surface area (Å²) in [6.07, 6.45) is 5.25. The number of fused-ring (bicyclic) bond motifs is 1. The molecule has 0 amide bonds. The van der Waals surface area contributed by atoms with Crippen LogP contribution in [0, 0.1) is 11.7 Å². The number of halogens is 2. The first-order valence-corrected chi connectivity index (χ1v) is 8.51. The van der Waals surface area contributed by atoms with Gasteiger partial charge in [0.05, 0.1) is 18.2 Å². The summed E-state index contributed by atoms with van der Waals surface area (Å²) < 4.78 is 32.1. The van der Waals surface area contributed by atoms with Gasteiger partial charge in [-0.1, -0.05) is 24.6 Å². The van der Waals surface area contributed by atoms with Crippen molar-refractivity contribution in [3.8, 4) is 0 Å². The predicted molar refractivity (Wildman–Crippen MR) is 94.5 cm³/mol. The molecular weight excluding hydrogens is 340 g/mol. The van der Waals surface area contributed by atoms with Crippen LogP contribution in [-0.4, -0.2) is 33.4 Å². The van der Waals surface area contributed by atoms with E-state index in [0.29, 0.717) is 24.0 Å². The fourth-order valence-electron chi connectivity index (χ4n) is 2.60. The molecule has 3 N–H and O–H groups in total. The van der Waals surface area contributed by atoms with Crippen LogP contribution in [0.4, 0.5) is 14.6 Å². The highest BCUT2D eigenvalue weighted by atomic mass is 19.1. The number of benzene rings is 1. The monoisotopic (exact) mass is 361 g/mol. The summed E-state index contributed by atoms with van der Waals surface area (Å²) in [5, 5.41) is 7.20. The SMILES string of the molecule is Fc1ccccc1[C@@H](F)COCC1CCC1.Nc1ncnc2[nH]ncc12. The second kappa shape index (κ2) is 8.66. The zero-order chi connectivity index (χ0) is 18.4. The largest absolute Gasteiger partial charge is 0.383 e. The van der Waals surface area contributed by atoms with Crippen LogP contribution in [0.3, 0.4) is 0 Å². The van der Waals surface area contributed by atoms with Crippen LogP contribution in [0.1, 0.15) is 31.0 Å². The van der Waals surface area contributed by atoms with E-state index in [9.17, 15) is 8.78 Å². The number of hydrogen-bond donors (Lipinski definition) is 2. The quantitative estimate of drug-likeness (QED) is 0.725. The number of H-pyrrole nitrogens is 1. The van der Waals surface area contributed by atoms with Gasteiger partial charge in [0.15, 0.2) is 11.8 Å². The molecule has 6 nitrogen and oxygen atoms in total. The third-order valence-corrected chi connectivity index (χ3v) is 4.36. The average molecular weight is 361 g/mol. The van der Waals surface area contributed by atoms with Crippen molar-refractivity contribution >= 4 is 16.9 Å². The van der Waals surface area contributed by atoms with Crippen molar-refractivity contribution < 1.29 is 13.5 Å². The van der Waals surface area contributed by atoms with Gasteiger partial charge in [-0.2, -0.15) is 5.10 Å². The number of aromatic amines is 1. The maximum atomic E-state index is 13.6. The van der Waals surface area contributed by atoms with E-state index in [1.54, 1.807) is 18.3 Å². The molecule has 0 bridgehead atoms. The van der Waals surface area contributed by atoms with Crippen LogP contribution in [0.25, 0.3) is 11.0 Å². The van der Waals surface area contributed by atoms with Gasteiger partial charge in [-0.15, -0.1) is 0 Å². The molecule has 0 aliphatic heterocycles. The molecule has 0 spiro atoms. The fourth-order valence-corrected chi connectivity index (χ4v) is 2.60. The number of aromatic nitrogens is 4. The van der Waals surface area contributed by atoms with Crippen LogP contribution >= 0.6 is 0 Å². The Morgan fingerprint density at radius 1 is 1.27 bits per heavy atom. The average Bonchev–Trinajstić information content (AvgIpc) is 3.08. The molecule has 2 heterocycles. The topological polar surface area (TPSA) is 89.7 Å². The number of ether oxygens (including phenoxy) is 1. The summed E-state index contributed by atoms with van der Waals surface area (Å²) in [6, 6.07) is 5.93. The van der Waals surface area contributed by atoms with E-state index in [-0.39, 0.29) is 12.2 Å². The molecule has 0 saturated heterocycles. The predicted octanol–water partition coefficient (Wildman–Crippen LogP) is 3.59. The van der Waals surface area contributed by atoms with Gasteiger partial charge in [-0.3, -0.25) is 5.10 Å². The van der Waals surface area contributed by atoms with E-state index in [4.69, 9.17) is 10.5 Å². The standard InChI is InChI=1S/C13H16F2O.C5H5N5/c14-12-7-2-1-6-11(12)13(15)9-16-8-10-4-3-5-10;6-4-3-1-9-10-5(3)8-2-7-4/h1-2,6-7,10,13H,3-5,8-9H2;1-2H,(H3,6,7,8,9,10)/t13-;/m0./s1. The Morgan fingerprint density at radius 2 is 2.08 bits per heavy atom. The summed E-state index contributed by atoms with van der Waals surface area (Å²) in [5.41, 5.74) is 6.26. The minimum atomic E-state index is -1.36. The maximum absolute atomic E-state index is 13.6. The second-order valence-corrected chi connectivity index (χ2v) is 6.21. The van der Waals surface area contributed by atoms with E-state index < -0.39 is 12.0 Å². The first-order valence-electron chi connectivity index (χ1n) is 8.51. The Labute approximate surface area is 149 Å².